The Labute approximate surface area is 70.9 Å². The van der Waals surface area contributed by atoms with Crippen LogP contribution >= 0.6 is 0 Å². The van der Waals surface area contributed by atoms with Gasteiger partial charge in [0.1, 0.15) is 6.54 Å². The monoisotopic (exact) mass is 166 g/mol. The van der Waals surface area contributed by atoms with Gasteiger partial charge in [-0.25, -0.2) is 0 Å². The molecule has 0 aromatic rings. The van der Waals surface area contributed by atoms with Gasteiger partial charge in [-0.1, -0.05) is 0 Å². The Hall–Kier alpha value is -1.50. The van der Waals surface area contributed by atoms with Crippen molar-refractivity contribution < 1.29 is 9.59 Å². The maximum atomic E-state index is 11.0. The molecule has 12 heavy (non-hydrogen) atoms. The number of hydrogen-bond donors (Lipinski definition) is 1. The van der Waals surface area contributed by atoms with E-state index in [1.54, 1.807) is 0 Å². The molecular formula is C8H10N2O2. The summed E-state index contributed by atoms with van der Waals surface area (Å²) in [5.74, 6) is 1.44. The van der Waals surface area contributed by atoms with Crippen LogP contribution in [0, 0.1) is 12.3 Å². The molecule has 64 valence electrons. The van der Waals surface area contributed by atoms with Gasteiger partial charge in [-0.3, -0.25) is 9.59 Å². The lowest BCUT2D eigenvalue weighted by Crippen LogP contribution is -2.36. The zero-order valence-electron chi connectivity index (χ0n) is 6.67. The van der Waals surface area contributed by atoms with E-state index >= 15 is 0 Å². The molecule has 1 rings (SSSR count). The van der Waals surface area contributed by atoms with Crippen LogP contribution in [0.2, 0.25) is 0 Å². The number of nitrogens with one attached hydrogen (secondary N) is 1. The Morgan fingerprint density at radius 3 is 3.08 bits per heavy atom. The molecule has 2 amide bonds. The minimum atomic E-state index is -0.410. The number of nitrogens with zero attached hydrogens (tertiary/aromatic N) is 1. The fourth-order valence-electron chi connectivity index (χ4n) is 1.07. The number of carbonyl (C=O) groups excluding carboxylic acids is 2. The topological polar surface area (TPSA) is 49.4 Å². The minimum Gasteiger partial charge on any atom is -0.354 e. The lowest BCUT2D eigenvalue weighted by Gasteiger charge is -2.14. The second-order valence-electron chi connectivity index (χ2n) is 2.57. The highest BCUT2D eigenvalue weighted by Gasteiger charge is 2.17. The van der Waals surface area contributed by atoms with Crippen molar-refractivity contribution in [3.8, 4) is 12.3 Å². The Kier molecular flexibility index (Phi) is 2.70. The molecule has 0 unspecified atom stereocenters. The number of rotatable bonds is 0. The van der Waals surface area contributed by atoms with E-state index in [0.717, 1.165) is 6.42 Å². The maximum absolute atomic E-state index is 11.0. The van der Waals surface area contributed by atoms with E-state index in [9.17, 15) is 9.59 Å². The fourth-order valence-corrected chi connectivity index (χ4v) is 1.07. The van der Waals surface area contributed by atoms with Crippen LogP contribution in [-0.4, -0.2) is 36.3 Å². The molecule has 0 atom stereocenters. The van der Waals surface area contributed by atoms with E-state index in [4.69, 9.17) is 6.42 Å². The van der Waals surface area contributed by atoms with Crippen molar-refractivity contribution in [3.05, 3.63) is 0 Å². The Bertz CT molecular complexity index is 242. The van der Waals surface area contributed by atoms with Crippen LogP contribution in [0.15, 0.2) is 0 Å². The summed E-state index contributed by atoms with van der Waals surface area (Å²) in [5, 5.41) is 2.65. The second kappa shape index (κ2) is 3.77. The molecule has 1 aliphatic rings. The minimum absolute atomic E-state index is 0.0863. The van der Waals surface area contributed by atoms with Crippen LogP contribution in [0.25, 0.3) is 0 Å². The van der Waals surface area contributed by atoms with Gasteiger partial charge in [-0.05, 0) is 12.3 Å². The molecular weight excluding hydrogens is 156 g/mol. The van der Waals surface area contributed by atoms with Gasteiger partial charge in [0.15, 0.2) is 0 Å². The second-order valence-corrected chi connectivity index (χ2v) is 2.57. The van der Waals surface area contributed by atoms with Crippen molar-refractivity contribution in [2.24, 2.45) is 0 Å². The summed E-state index contributed by atoms with van der Waals surface area (Å²) in [6.07, 6.45) is 5.69. The molecule has 0 aromatic carbocycles. The SMILES string of the molecule is C#CC(=O)N1CCCNC(=O)C1. The average molecular weight is 166 g/mol. The van der Waals surface area contributed by atoms with E-state index in [0.29, 0.717) is 13.1 Å². The van der Waals surface area contributed by atoms with Gasteiger partial charge in [0.2, 0.25) is 5.91 Å². The number of carbonyl (C=O) groups is 2. The third kappa shape index (κ3) is 1.99. The van der Waals surface area contributed by atoms with Crippen molar-refractivity contribution in [2.75, 3.05) is 19.6 Å². The van der Waals surface area contributed by atoms with Crippen LogP contribution in [-0.2, 0) is 9.59 Å². The van der Waals surface area contributed by atoms with Gasteiger partial charge in [0.05, 0.1) is 0 Å². The molecule has 1 N–H and O–H groups in total. The van der Waals surface area contributed by atoms with Gasteiger partial charge < -0.3 is 10.2 Å². The van der Waals surface area contributed by atoms with Crippen molar-refractivity contribution in [1.82, 2.24) is 10.2 Å². The molecule has 1 saturated heterocycles. The van der Waals surface area contributed by atoms with Gasteiger partial charge in [-0.2, -0.15) is 0 Å². The van der Waals surface area contributed by atoms with E-state index < -0.39 is 5.91 Å². The van der Waals surface area contributed by atoms with E-state index in [2.05, 4.69) is 5.32 Å². The lowest BCUT2D eigenvalue weighted by atomic mass is 10.4. The highest BCUT2D eigenvalue weighted by atomic mass is 16.2. The summed E-state index contributed by atoms with van der Waals surface area (Å²) < 4.78 is 0. The summed E-state index contributed by atoms with van der Waals surface area (Å²) in [4.78, 5) is 23.3. The smallest absolute Gasteiger partial charge is 0.298 e. The molecule has 1 heterocycles. The van der Waals surface area contributed by atoms with Crippen molar-refractivity contribution >= 4 is 11.8 Å². The highest BCUT2D eigenvalue weighted by molar-refractivity contribution is 5.95. The zero-order chi connectivity index (χ0) is 8.97. The predicted octanol–water partition coefficient (Wildman–Crippen LogP) is -1.03. The van der Waals surface area contributed by atoms with Crippen molar-refractivity contribution in [2.45, 2.75) is 6.42 Å². The maximum Gasteiger partial charge on any atom is 0.298 e. The van der Waals surface area contributed by atoms with Gasteiger partial charge in [0, 0.05) is 13.1 Å². The van der Waals surface area contributed by atoms with E-state index in [1.165, 1.54) is 4.90 Å². The molecule has 0 saturated carbocycles. The van der Waals surface area contributed by atoms with Crippen LogP contribution in [0.3, 0.4) is 0 Å². The van der Waals surface area contributed by atoms with Crippen molar-refractivity contribution in [1.29, 1.82) is 0 Å². The predicted molar refractivity (Wildman–Crippen MR) is 43.0 cm³/mol. The summed E-state index contributed by atoms with van der Waals surface area (Å²) in [5.41, 5.74) is 0. The van der Waals surface area contributed by atoms with Gasteiger partial charge >= 0.3 is 0 Å². The number of terminal acetylenes is 1. The summed E-state index contributed by atoms with van der Waals surface area (Å²) in [7, 11) is 0. The molecule has 0 radical (unpaired) electrons. The van der Waals surface area contributed by atoms with Crippen LogP contribution in [0.4, 0.5) is 0 Å². The van der Waals surface area contributed by atoms with Gasteiger partial charge in [-0.15, -0.1) is 6.42 Å². The summed E-state index contributed by atoms with van der Waals surface area (Å²) >= 11 is 0. The van der Waals surface area contributed by atoms with Crippen molar-refractivity contribution in [3.63, 3.8) is 0 Å². The Morgan fingerprint density at radius 1 is 1.67 bits per heavy atom. The van der Waals surface area contributed by atoms with Crippen LogP contribution in [0.1, 0.15) is 6.42 Å². The van der Waals surface area contributed by atoms with E-state index in [1.807, 2.05) is 5.92 Å². The molecule has 0 aromatic heterocycles. The standard InChI is InChI=1S/C8H10N2O2/c1-2-8(12)10-5-3-4-9-7(11)6-10/h1H,3-6H2,(H,9,11). The summed E-state index contributed by atoms with van der Waals surface area (Å²) in [6, 6.07) is 0. The molecule has 4 heteroatoms. The fraction of sp³-hybridized carbons (Fsp3) is 0.500. The third-order valence-electron chi connectivity index (χ3n) is 1.67. The lowest BCUT2D eigenvalue weighted by molar-refractivity contribution is -0.130. The molecule has 1 aliphatic heterocycles. The first-order valence-corrected chi connectivity index (χ1v) is 3.76. The molecule has 0 spiro atoms. The van der Waals surface area contributed by atoms with Gasteiger partial charge in [0.25, 0.3) is 5.91 Å². The Morgan fingerprint density at radius 2 is 2.42 bits per heavy atom. The van der Waals surface area contributed by atoms with E-state index in [-0.39, 0.29) is 12.5 Å². The first-order valence-electron chi connectivity index (χ1n) is 3.76. The zero-order valence-corrected chi connectivity index (χ0v) is 6.67. The summed E-state index contributed by atoms with van der Waals surface area (Å²) in [6.45, 7) is 1.26. The third-order valence-corrected chi connectivity index (χ3v) is 1.67. The quantitative estimate of drug-likeness (QED) is 0.468. The number of hydrogen-bond acceptors (Lipinski definition) is 2. The first kappa shape index (κ1) is 8.60. The highest BCUT2D eigenvalue weighted by Crippen LogP contribution is 1.95. The largest absolute Gasteiger partial charge is 0.354 e. The average Bonchev–Trinajstić information content (AvgIpc) is 2.28. The number of amides is 2. The normalized spacial score (nSPS) is 17.6. The molecule has 0 aliphatic carbocycles. The Balaban J connectivity index is 2.59. The molecule has 1 fully saturated rings. The molecule has 4 nitrogen and oxygen atoms in total. The first-order chi connectivity index (χ1) is 5.74. The molecule has 0 bridgehead atoms. The van der Waals surface area contributed by atoms with Crippen LogP contribution < -0.4 is 5.32 Å². The van der Waals surface area contributed by atoms with Crippen LogP contribution in [0.5, 0.6) is 0 Å².